The van der Waals surface area contributed by atoms with Crippen molar-refractivity contribution in [3.05, 3.63) is 29.3 Å². The highest BCUT2D eigenvalue weighted by atomic mass is 16.6. The molecule has 0 aliphatic rings. The fourth-order valence-corrected chi connectivity index (χ4v) is 3.15. The number of terminal acetylenes is 1. The normalized spacial score (nSPS) is 13.8. The van der Waals surface area contributed by atoms with E-state index in [1.54, 1.807) is 45.9 Å². The van der Waals surface area contributed by atoms with Crippen LogP contribution in [0.15, 0.2) is 18.2 Å². The first-order valence-electron chi connectivity index (χ1n) is 10.7. The Hall–Kier alpha value is -3.21. The van der Waals surface area contributed by atoms with Gasteiger partial charge in [-0.2, -0.15) is 0 Å². The van der Waals surface area contributed by atoms with Crippen molar-refractivity contribution in [3.8, 4) is 18.2 Å². The summed E-state index contributed by atoms with van der Waals surface area (Å²) in [5.74, 6) is -1.35. The van der Waals surface area contributed by atoms with Crippen molar-refractivity contribution < 1.29 is 24.2 Å². The average Bonchev–Trinajstić information content (AvgIpc) is 2.66. The van der Waals surface area contributed by atoms with Gasteiger partial charge in [-0.1, -0.05) is 38.0 Å². The number of carbonyl (C=O) groups excluding carboxylic acids is 3. The Labute approximate surface area is 190 Å². The number of amides is 3. The Morgan fingerprint density at radius 3 is 2.38 bits per heavy atom. The van der Waals surface area contributed by atoms with Gasteiger partial charge < -0.3 is 20.5 Å². The molecule has 0 saturated heterocycles. The highest BCUT2D eigenvalue weighted by Gasteiger charge is 2.36. The fraction of sp³-hybridized carbons (Fsp3) is 0.542. The van der Waals surface area contributed by atoms with Crippen molar-refractivity contribution in [2.24, 2.45) is 0 Å². The molecule has 0 bridgehead atoms. The lowest BCUT2D eigenvalue weighted by Gasteiger charge is -2.30. The summed E-state index contributed by atoms with van der Waals surface area (Å²) in [6, 6.07) is 4.63. The van der Waals surface area contributed by atoms with Crippen molar-refractivity contribution in [2.75, 3.05) is 0 Å². The molecule has 1 aromatic carbocycles. The summed E-state index contributed by atoms with van der Waals surface area (Å²) in [7, 11) is 0. The van der Waals surface area contributed by atoms with Crippen LogP contribution < -0.4 is 10.6 Å². The zero-order valence-electron chi connectivity index (χ0n) is 20.0. The molecule has 8 nitrogen and oxygen atoms in total. The van der Waals surface area contributed by atoms with Crippen LogP contribution in [0.25, 0.3) is 0 Å². The second-order valence-corrected chi connectivity index (χ2v) is 8.82. The predicted octanol–water partition coefficient (Wildman–Crippen LogP) is 3.38. The lowest BCUT2D eigenvalue weighted by molar-refractivity contribution is -0.138. The van der Waals surface area contributed by atoms with Crippen LogP contribution in [-0.4, -0.2) is 45.6 Å². The van der Waals surface area contributed by atoms with Gasteiger partial charge in [0, 0.05) is 17.6 Å². The van der Waals surface area contributed by atoms with Crippen molar-refractivity contribution in [1.82, 2.24) is 15.5 Å². The molecule has 176 valence electrons. The number of rotatable bonds is 8. The average molecular weight is 446 g/mol. The Morgan fingerprint density at radius 1 is 1.22 bits per heavy atom. The summed E-state index contributed by atoms with van der Waals surface area (Å²) in [4.78, 5) is 39.4. The lowest BCUT2D eigenvalue weighted by atomic mass is 9.99. The highest BCUT2D eigenvalue weighted by Crippen LogP contribution is 2.32. The van der Waals surface area contributed by atoms with E-state index in [1.165, 1.54) is 6.92 Å². The van der Waals surface area contributed by atoms with Crippen molar-refractivity contribution in [1.29, 1.82) is 0 Å². The molecule has 0 fully saturated rings. The van der Waals surface area contributed by atoms with E-state index in [0.717, 1.165) is 17.7 Å². The summed E-state index contributed by atoms with van der Waals surface area (Å²) in [5.41, 5.74) is -0.0163. The van der Waals surface area contributed by atoms with E-state index in [-0.39, 0.29) is 17.4 Å². The van der Waals surface area contributed by atoms with Crippen LogP contribution in [0.3, 0.4) is 0 Å². The van der Waals surface area contributed by atoms with Gasteiger partial charge in [0.2, 0.25) is 5.91 Å². The molecule has 3 N–H and O–H groups in total. The minimum Gasteiger partial charge on any atom is -0.507 e. The molecule has 0 saturated carbocycles. The first-order chi connectivity index (χ1) is 14.8. The van der Waals surface area contributed by atoms with Gasteiger partial charge in [-0.25, -0.2) is 4.79 Å². The number of alkyl carbamates (subject to hydrolysis) is 1. The quantitative estimate of drug-likeness (QED) is 0.420. The number of aryl methyl sites for hydroxylation is 1. The Balaban J connectivity index is 3.29. The number of nitrogens with one attached hydrogen (secondary N) is 2. The summed E-state index contributed by atoms with van der Waals surface area (Å²) in [6.07, 6.45) is 6.45. The number of para-hydroxylation sites is 1. The number of hydrogen-bond donors (Lipinski definition) is 3. The summed E-state index contributed by atoms with van der Waals surface area (Å²) < 4.78 is 5.19. The maximum absolute atomic E-state index is 13.2. The largest absolute Gasteiger partial charge is 0.507 e. The first kappa shape index (κ1) is 26.8. The number of aromatic hydroxyl groups is 1. The van der Waals surface area contributed by atoms with Gasteiger partial charge in [0.25, 0.3) is 5.91 Å². The van der Waals surface area contributed by atoms with Crippen molar-refractivity contribution in [3.63, 3.8) is 0 Å². The third kappa shape index (κ3) is 7.49. The number of carbonyl (C=O) groups is 3. The van der Waals surface area contributed by atoms with Crippen LogP contribution in [0.2, 0.25) is 0 Å². The number of benzene rings is 1. The molecule has 8 heteroatoms. The Bertz CT molecular complexity index is 869. The third-order valence-corrected chi connectivity index (χ3v) is 4.66. The SMILES string of the molecule is C#CN(C(=O)C(C)NC(=O)OC(C)(C)C)C(C(=O)NC(C)CCC)c1cccc(C)c1O. The van der Waals surface area contributed by atoms with Gasteiger partial charge in [-0.05, 0) is 53.5 Å². The van der Waals surface area contributed by atoms with E-state index in [4.69, 9.17) is 11.2 Å². The number of hydrogen-bond acceptors (Lipinski definition) is 5. The molecule has 3 unspecified atom stereocenters. The second-order valence-electron chi connectivity index (χ2n) is 8.82. The Kier molecular flexibility index (Phi) is 9.57. The van der Waals surface area contributed by atoms with Crippen LogP contribution in [0.4, 0.5) is 4.79 Å². The molecular formula is C24H35N3O5. The van der Waals surface area contributed by atoms with Gasteiger partial charge in [-0.3, -0.25) is 14.5 Å². The van der Waals surface area contributed by atoms with E-state index in [0.29, 0.717) is 5.56 Å². The smallest absolute Gasteiger partial charge is 0.408 e. The predicted molar refractivity (Wildman–Crippen MR) is 123 cm³/mol. The number of phenolic OH excluding ortho intramolecular Hbond substituents is 1. The minimum atomic E-state index is -1.28. The first-order valence-corrected chi connectivity index (χ1v) is 10.7. The van der Waals surface area contributed by atoms with Crippen molar-refractivity contribution in [2.45, 2.75) is 85.0 Å². The van der Waals surface area contributed by atoms with Crippen LogP contribution in [0.1, 0.15) is 71.6 Å². The van der Waals surface area contributed by atoms with Gasteiger partial charge >= 0.3 is 6.09 Å². The molecule has 0 aliphatic carbocycles. The minimum absolute atomic E-state index is 0.128. The third-order valence-electron chi connectivity index (χ3n) is 4.66. The summed E-state index contributed by atoms with van der Waals surface area (Å²) >= 11 is 0. The van der Waals surface area contributed by atoms with Crippen LogP contribution >= 0.6 is 0 Å². The van der Waals surface area contributed by atoms with Crippen LogP contribution in [0.5, 0.6) is 5.75 Å². The molecular weight excluding hydrogens is 410 g/mol. The van der Waals surface area contributed by atoms with Gasteiger partial charge in [-0.15, -0.1) is 0 Å². The number of ether oxygens (including phenoxy) is 1. The van der Waals surface area contributed by atoms with Gasteiger partial charge in [0.15, 0.2) is 6.04 Å². The van der Waals surface area contributed by atoms with Crippen LogP contribution in [0, 0.1) is 19.4 Å². The van der Waals surface area contributed by atoms with E-state index in [1.807, 2.05) is 13.8 Å². The van der Waals surface area contributed by atoms with E-state index < -0.39 is 35.6 Å². The lowest BCUT2D eigenvalue weighted by Crippen LogP contribution is -2.51. The van der Waals surface area contributed by atoms with Crippen LogP contribution in [-0.2, 0) is 14.3 Å². The maximum atomic E-state index is 13.2. The monoisotopic (exact) mass is 445 g/mol. The fourth-order valence-electron chi connectivity index (χ4n) is 3.15. The molecule has 1 aromatic rings. The zero-order chi connectivity index (χ0) is 24.6. The topological polar surface area (TPSA) is 108 Å². The highest BCUT2D eigenvalue weighted by molar-refractivity contribution is 5.93. The number of phenols is 1. The van der Waals surface area contributed by atoms with Crippen molar-refractivity contribution >= 4 is 17.9 Å². The number of nitrogens with zero attached hydrogens (tertiary/aromatic N) is 1. The molecule has 32 heavy (non-hydrogen) atoms. The standard InChI is InChI=1S/C24H35N3O5/c1-9-12-16(4)25-21(29)19(18-14-11-13-15(3)20(18)28)27(10-2)22(30)17(5)26-23(31)32-24(6,7)8/h2,11,13-14,16-17,19,28H,9,12H2,1,3-8H3,(H,25,29)(H,26,31). The van der Waals surface area contributed by atoms with E-state index >= 15 is 0 Å². The molecule has 3 amide bonds. The molecule has 0 spiro atoms. The molecule has 3 atom stereocenters. The molecule has 0 aromatic heterocycles. The molecule has 1 rings (SSSR count). The molecule has 0 heterocycles. The molecule has 0 radical (unpaired) electrons. The van der Waals surface area contributed by atoms with Gasteiger partial charge in [0.05, 0.1) is 0 Å². The molecule has 0 aliphatic heterocycles. The summed E-state index contributed by atoms with van der Waals surface area (Å²) in [6.45, 7) is 12.1. The second kappa shape index (κ2) is 11.4. The van der Waals surface area contributed by atoms with E-state index in [9.17, 15) is 19.5 Å². The van der Waals surface area contributed by atoms with Gasteiger partial charge in [0.1, 0.15) is 17.4 Å². The zero-order valence-corrected chi connectivity index (χ0v) is 20.0. The summed E-state index contributed by atoms with van der Waals surface area (Å²) in [5, 5.41) is 15.9. The Morgan fingerprint density at radius 2 is 1.84 bits per heavy atom. The maximum Gasteiger partial charge on any atom is 0.408 e. The van der Waals surface area contributed by atoms with E-state index in [2.05, 4.69) is 16.7 Å².